The normalized spacial score (nSPS) is 11.6. The standard InChI is InChI=1S/C25H36O/c1-8-22-23(19(6)7)16-20(14-17(2)3)24(15-18(4)5)25(22)26-21-12-10-9-11-13-21/h9-13,16-19H,8,14-15H2,1-7H3. The Morgan fingerprint density at radius 3 is 1.92 bits per heavy atom. The molecule has 0 saturated carbocycles. The minimum absolute atomic E-state index is 0.502. The highest BCUT2D eigenvalue weighted by Gasteiger charge is 2.21. The molecule has 0 heterocycles. The van der Waals surface area contributed by atoms with Crippen LogP contribution in [0.1, 0.15) is 76.6 Å². The molecule has 0 atom stereocenters. The summed E-state index contributed by atoms with van der Waals surface area (Å²) in [6.07, 6.45) is 3.18. The van der Waals surface area contributed by atoms with Crippen LogP contribution < -0.4 is 4.74 Å². The van der Waals surface area contributed by atoms with Gasteiger partial charge in [-0.3, -0.25) is 0 Å². The highest BCUT2D eigenvalue weighted by atomic mass is 16.5. The maximum Gasteiger partial charge on any atom is 0.134 e. The van der Waals surface area contributed by atoms with Crippen molar-refractivity contribution in [3.63, 3.8) is 0 Å². The molecule has 0 saturated heterocycles. The first-order valence-electron chi connectivity index (χ1n) is 10.2. The van der Waals surface area contributed by atoms with Crippen LogP contribution in [0.25, 0.3) is 0 Å². The van der Waals surface area contributed by atoms with Gasteiger partial charge in [-0.05, 0) is 71.4 Å². The maximum atomic E-state index is 6.55. The summed E-state index contributed by atoms with van der Waals surface area (Å²) in [5.41, 5.74) is 5.72. The average Bonchev–Trinajstić information content (AvgIpc) is 2.57. The monoisotopic (exact) mass is 352 g/mol. The molecule has 0 aromatic heterocycles. The van der Waals surface area contributed by atoms with Crippen LogP contribution >= 0.6 is 0 Å². The summed E-state index contributed by atoms with van der Waals surface area (Å²) in [5, 5.41) is 0. The van der Waals surface area contributed by atoms with Crippen LogP contribution in [0.2, 0.25) is 0 Å². The quantitative estimate of drug-likeness (QED) is 0.476. The Hall–Kier alpha value is -1.76. The molecule has 1 heteroatoms. The predicted molar refractivity (Wildman–Crippen MR) is 114 cm³/mol. The fraction of sp³-hybridized carbons (Fsp3) is 0.520. The van der Waals surface area contributed by atoms with Crippen LogP contribution in [-0.4, -0.2) is 0 Å². The number of hydrogen-bond acceptors (Lipinski definition) is 1. The summed E-state index contributed by atoms with van der Waals surface area (Å²) in [5.74, 6) is 3.80. The van der Waals surface area contributed by atoms with Gasteiger partial charge in [0.15, 0.2) is 0 Å². The van der Waals surface area contributed by atoms with E-state index in [-0.39, 0.29) is 0 Å². The molecule has 26 heavy (non-hydrogen) atoms. The van der Waals surface area contributed by atoms with Gasteiger partial charge < -0.3 is 4.74 Å². The van der Waals surface area contributed by atoms with Gasteiger partial charge in [-0.15, -0.1) is 0 Å². The first-order chi connectivity index (χ1) is 12.3. The molecule has 142 valence electrons. The van der Waals surface area contributed by atoms with Crippen molar-refractivity contribution >= 4 is 0 Å². The Morgan fingerprint density at radius 2 is 1.42 bits per heavy atom. The molecule has 0 aliphatic rings. The molecular formula is C25H36O. The van der Waals surface area contributed by atoms with Crippen molar-refractivity contribution in [2.45, 2.75) is 73.6 Å². The van der Waals surface area contributed by atoms with Crippen molar-refractivity contribution in [3.8, 4) is 11.5 Å². The Morgan fingerprint density at radius 1 is 0.808 bits per heavy atom. The maximum absolute atomic E-state index is 6.55. The predicted octanol–water partition coefficient (Wildman–Crippen LogP) is 7.56. The van der Waals surface area contributed by atoms with E-state index in [4.69, 9.17) is 4.74 Å². The lowest BCUT2D eigenvalue weighted by Gasteiger charge is -2.25. The van der Waals surface area contributed by atoms with Gasteiger partial charge in [0.2, 0.25) is 0 Å². The smallest absolute Gasteiger partial charge is 0.134 e. The summed E-state index contributed by atoms with van der Waals surface area (Å²) in [7, 11) is 0. The van der Waals surface area contributed by atoms with Gasteiger partial charge in [0, 0.05) is 0 Å². The fourth-order valence-electron chi connectivity index (χ4n) is 3.68. The second-order valence-electron chi connectivity index (χ2n) is 8.53. The molecule has 2 aromatic rings. The SMILES string of the molecule is CCc1c(C(C)C)cc(CC(C)C)c(CC(C)C)c1Oc1ccccc1. The van der Waals surface area contributed by atoms with Gasteiger partial charge >= 0.3 is 0 Å². The van der Waals surface area contributed by atoms with E-state index in [1.165, 1.54) is 22.3 Å². The van der Waals surface area contributed by atoms with E-state index < -0.39 is 0 Å². The molecule has 1 nitrogen and oxygen atoms in total. The topological polar surface area (TPSA) is 9.23 Å². The van der Waals surface area contributed by atoms with Gasteiger partial charge in [-0.25, -0.2) is 0 Å². The van der Waals surface area contributed by atoms with E-state index in [1.54, 1.807) is 0 Å². The van der Waals surface area contributed by atoms with E-state index >= 15 is 0 Å². The highest BCUT2D eigenvalue weighted by molar-refractivity contribution is 5.54. The molecule has 0 N–H and O–H groups in total. The third-order valence-electron chi connectivity index (χ3n) is 4.79. The van der Waals surface area contributed by atoms with Gasteiger partial charge in [0.1, 0.15) is 11.5 Å². The molecule has 0 bridgehead atoms. The van der Waals surface area contributed by atoms with Crippen LogP contribution in [0.3, 0.4) is 0 Å². The molecule has 0 aliphatic carbocycles. The lowest BCUT2D eigenvalue weighted by atomic mass is 9.84. The number of para-hydroxylation sites is 1. The van der Waals surface area contributed by atoms with Crippen molar-refractivity contribution in [1.29, 1.82) is 0 Å². The summed E-state index contributed by atoms with van der Waals surface area (Å²) < 4.78 is 6.55. The summed E-state index contributed by atoms with van der Waals surface area (Å²) >= 11 is 0. The van der Waals surface area contributed by atoms with Crippen LogP contribution in [0, 0.1) is 11.8 Å². The number of rotatable bonds is 8. The molecule has 0 aliphatic heterocycles. The Labute approximate surface area is 160 Å². The van der Waals surface area contributed by atoms with Gasteiger partial charge in [-0.1, -0.05) is 72.7 Å². The molecule has 0 spiro atoms. The summed E-state index contributed by atoms with van der Waals surface area (Å²) in [6, 6.07) is 12.7. The zero-order chi connectivity index (χ0) is 19.3. The summed E-state index contributed by atoms with van der Waals surface area (Å²) in [6.45, 7) is 16.0. The van der Waals surface area contributed by atoms with Gasteiger partial charge in [-0.2, -0.15) is 0 Å². The molecule has 0 unspecified atom stereocenters. The third-order valence-corrected chi connectivity index (χ3v) is 4.79. The Balaban J connectivity index is 2.69. The van der Waals surface area contributed by atoms with Crippen molar-refractivity contribution in [1.82, 2.24) is 0 Å². The molecule has 2 rings (SSSR count). The van der Waals surface area contributed by atoms with Crippen LogP contribution in [0.4, 0.5) is 0 Å². The molecule has 0 radical (unpaired) electrons. The highest BCUT2D eigenvalue weighted by Crippen LogP contribution is 2.39. The van der Waals surface area contributed by atoms with Crippen molar-refractivity contribution in [3.05, 3.63) is 58.7 Å². The van der Waals surface area contributed by atoms with E-state index in [1.807, 2.05) is 18.2 Å². The lowest BCUT2D eigenvalue weighted by molar-refractivity contribution is 0.460. The minimum atomic E-state index is 0.502. The van der Waals surface area contributed by atoms with E-state index in [2.05, 4.69) is 66.7 Å². The first-order valence-corrected chi connectivity index (χ1v) is 10.2. The number of ether oxygens (including phenoxy) is 1. The number of benzene rings is 2. The molecule has 0 amide bonds. The Bertz CT molecular complexity index is 696. The van der Waals surface area contributed by atoms with E-state index in [9.17, 15) is 0 Å². The third kappa shape index (κ3) is 5.13. The van der Waals surface area contributed by atoms with Crippen molar-refractivity contribution in [2.24, 2.45) is 11.8 Å². The second-order valence-corrected chi connectivity index (χ2v) is 8.53. The van der Waals surface area contributed by atoms with Gasteiger partial charge in [0.25, 0.3) is 0 Å². The zero-order valence-electron chi connectivity index (χ0n) is 17.7. The fourth-order valence-corrected chi connectivity index (χ4v) is 3.68. The molecule has 0 fully saturated rings. The lowest BCUT2D eigenvalue weighted by Crippen LogP contribution is -2.10. The van der Waals surface area contributed by atoms with Gasteiger partial charge in [0.05, 0.1) is 0 Å². The minimum Gasteiger partial charge on any atom is -0.457 e. The first kappa shape index (κ1) is 20.6. The largest absolute Gasteiger partial charge is 0.457 e. The van der Waals surface area contributed by atoms with E-state index in [0.717, 1.165) is 30.8 Å². The number of hydrogen-bond donors (Lipinski definition) is 0. The second kappa shape index (κ2) is 9.26. The average molecular weight is 353 g/mol. The van der Waals surface area contributed by atoms with Crippen LogP contribution in [0.15, 0.2) is 36.4 Å². The summed E-state index contributed by atoms with van der Waals surface area (Å²) in [4.78, 5) is 0. The van der Waals surface area contributed by atoms with E-state index in [0.29, 0.717) is 17.8 Å². The molecule has 2 aromatic carbocycles. The molecular weight excluding hydrogens is 316 g/mol. The van der Waals surface area contributed by atoms with Crippen molar-refractivity contribution < 1.29 is 4.74 Å². The Kier molecular flexibility index (Phi) is 7.32. The van der Waals surface area contributed by atoms with Crippen LogP contribution in [-0.2, 0) is 19.3 Å². The van der Waals surface area contributed by atoms with Crippen molar-refractivity contribution in [2.75, 3.05) is 0 Å². The van der Waals surface area contributed by atoms with Crippen LogP contribution in [0.5, 0.6) is 11.5 Å². The zero-order valence-corrected chi connectivity index (χ0v) is 17.7.